The predicted molar refractivity (Wildman–Crippen MR) is 59.1 cm³/mol. The summed E-state index contributed by atoms with van der Waals surface area (Å²) in [6, 6.07) is 5.05. The van der Waals surface area contributed by atoms with Crippen molar-refractivity contribution in [3.63, 3.8) is 0 Å². The van der Waals surface area contributed by atoms with Crippen LogP contribution in [0.4, 0.5) is 11.5 Å². The van der Waals surface area contributed by atoms with Crippen LogP contribution in [0.3, 0.4) is 0 Å². The molecule has 16 heavy (non-hydrogen) atoms. The van der Waals surface area contributed by atoms with Crippen molar-refractivity contribution in [1.29, 1.82) is 5.26 Å². The molecule has 0 amide bonds. The molecule has 0 unspecified atom stereocenters. The second kappa shape index (κ2) is 5.07. The highest BCUT2D eigenvalue weighted by atomic mass is 16.6. The van der Waals surface area contributed by atoms with Crippen LogP contribution in [0.5, 0.6) is 0 Å². The van der Waals surface area contributed by atoms with Gasteiger partial charge in [-0.05, 0) is 13.0 Å². The van der Waals surface area contributed by atoms with Crippen LogP contribution in [0.1, 0.15) is 12.1 Å². The number of hydrogen-bond donors (Lipinski definition) is 0. The van der Waals surface area contributed by atoms with Crippen LogP contribution in [0.15, 0.2) is 12.1 Å². The van der Waals surface area contributed by atoms with Crippen molar-refractivity contribution in [2.75, 3.05) is 18.5 Å². The smallest absolute Gasteiger partial charge is 0.290 e. The van der Waals surface area contributed by atoms with Crippen molar-refractivity contribution < 1.29 is 4.92 Å². The number of hydrogen-bond acceptors (Lipinski definition) is 5. The zero-order valence-electron chi connectivity index (χ0n) is 9.17. The SMILES string of the molecule is Cc1nc(N(C)CCC#N)ccc1[N+](=O)[O-]. The number of nitriles is 1. The Morgan fingerprint density at radius 3 is 2.81 bits per heavy atom. The molecule has 0 aliphatic rings. The largest absolute Gasteiger partial charge is 0.359 e. The molecule has 0 spiro atoms. The highest BCUT2D eigenvalue weighted by Gasteiger charge is 2.13. The summed E-state index contributed by atoms with van der Waals surface area (Å²) in [5.74, 6) is 0.637. The van der Waals surface area contributed by atoms with Crippen molar-refractivity contribution in [1.82, 2.24) is 4.98 Å². The molecule has 1 aromatic rings. The minimum Gasteiger partial charge on any atom is -0.359 e. The Morgan fingerprint density at radius 1 is 1.62 bits per heavy atom. The standard InChI is InChI=1S/C10H12N4O2/c1-8-9(14(15)16)4-5-10(12-8)13(2)7-3-6-11/h4-5H,3,7H2,1-2H3. The third-order valence-corrected chi connectivity index (χ3v) is 2.19. The molecule has 1 aromatic heterocycles. The van der Waals surface area contributed by atoms with Crippen molar-refractivity contribution in [2.45, 2.75) is 13.3 Å². The van der Waals surface area contributed by atoms with Crippen LogP contribution in [-0.4, -0.2) is 23.5 Å². The van der Waals surface area contributed by atoms with Gasteiger partial charge in [0.2, 0.25) is 0 Å². The van der Waals surface area contributed by atoms with E-state index in [1.807, 2.05) is 6.07 Å². The van der Waals surface area contributed by atoms with Gasteiger partial charge in [-0.15, -0.1) is 0 Å². The summed E-state index contributed by atoms with van der Waals surface area (Å²) in [4.78, 5) is 16.0. The van der Waals surface area contributed by atoms with Gasteiger partial charge >= 0.3 is 0 Å². The van der Waals surface area contributed by atoms with Crippen LogP contribution in [-0.2, 0) is 0 Å². The fourth-order valence-corrected chi connectivity index (χ4v) is 1.28. The quantitative estimate of drug-likeness (QED) is 0.569. The van der Waals surface area contributed by atoms with E-state index in [0.717, 1.165) is 0 Å². The van der Waals surface area contributed by atoms with E-state index in [1.54, 1.807) is 24.9 Å². The lowest BCUT2D eigenvalue weighted by Crippen LogP contribution is -2.19. The Balaban J connectivity index is 2.89. The average molecular weight is 220 g/mol. The first kappa shape index (κ1) is 11.9. The van der Waals surface area contributed by atoms with Gasteiger partial charge in [-0.25, -0.2) is 4.98 Å². The summed E-state index contributed by atoms with van der Waals surface area (Å²) in [5.41, 5.74) is 0.392. The van der Waals surface area contributed by atoms with Gasteiger partial charge in [-0.2, -0.15) is 5.26 Å². The molecule has 1 rings (SSSR count). The van der Waals surface area contributed by atoms with E-state index in [0.29, 0.717) is 24.5 Å². The van der Waals surface area contributed by atoms with Gasteiger partial charge in [-0.1, -0.05) is 0 Å². The molecule has 0 saturated heterocycles. The third kappa shape index (κ3) is 2.67. The second-order valence-corrected chi connectivity index (χ2v) is 3.36. The Bertz CT molecular complexity index is 439. The second-order valence-electron chi connectivity index (χ2n) is 3.36. The average Bonchev–Trinajstić information content (AvgIpc) is 2.25. The van der Waals surface area contributed by atoms with Gasteiger partial charge < -0.3 is 4.90 Å². The van der Waals surface area contributed by atoms with Crippen LogP contribution in [0, 0.1) is 28.4 Å². The van der Waals surface area contributed by atoms with Crippen LogP contribution in [0.25, 0.3) is 0 Å². The van der Waals surface area contributed by atoms with Crippen molar-refractivity contribution in [3.8, 4) is 6.07 Å². The maximum atomic E-state index is 10.6. The van der Waals surface area contributed by atoms with E-state index in [2.05, 4.69) is 4.98 Å². The molecular formula is C10H12N4O2. The Morgan fingerprint density at radius 2 is 2.31 bits per heavy atom. The molecule has 0 aliphatic carbocycles. The van der Waals surface area contributed by atoms with E-state index in [1.165, 1.54) is 6.07 Å². The fraction of sp³-hybridized carbons (Fsp3) is 0.400. The van der Waals surface area contributed by atoms with Gasteiger partial charge in [0.1, 0.15) is 11.5 Å². The van der Waals surface area contributed by atoms with Crippen molar-refractivity contribution >= 4 is 11.5 Å². The van der Waals surface area contributed by atoms with E-state index in [-0.39, 0.29) is 5.69 Å². The highest BCUT2D eigenvalue weighted by molar-refractivity contribution is 5.46. The molecule has 6 heteroatoms. The van der Waals surface area contributed by atoms with Crippen molar-refractivity contribution in [2.24, 2.45) is 0 Å². The maximum Gasteiger partial charge on any atom is 0.290 e. The number of nitrogens with zero attached hydrogens (tertiary/aromatic N) is 4. The number of rotatable bonds is 4. The highest BCUT2D eigenvalue weighted by Crippen LogP contribution is 2.19. The predicted octanol–water partition coefficient (Wildman–Crippen LogP) is 1.65. The Kier molecular flexibility index (Phi) is 3.78. The zero-order chi connectivity index (χ0) is 12.1. The molecule has 0 saturated carbocycles. The lowest BCUT2D eigenvalue weighted by molar-refractivity contribution is -0.385. The number of pyridine rings is 1. The van der Waals surface area contributed by atoms with Crippen LogP contribution >= 0.6 is 0 Å². The molecule has 0 aromatic carbocycles. The first-order chi connectivity index (χ1) is 7.56. The van der Waals surface area contributed by atoms with Crippen LogP contribution < -0.4 is 4.90 Å². The maximum absolute atomic E-state index is 10.6. The number of nitro groups is 1. The van der Waals surface area contributed by atoms with Gasteiger partial charge in [-0.3, -0.25) is 10.1 Å². The summed E-state index contributed by atoms with van der Waals surface area (Å²) in [6.45, 7) is 2.15. The molecule has 0 aliphatic heterocycles. The number of aryl methyl sites for hydroxylation is 1. The Labute approximate surface area is 93.3 Å². The summed E-state index contributed by atoms with van der Waals surface area (Å²) < 4.78 is 0. The lowest BCUT2D eigenvalue weighted by Gasteiger charge is -2.16. The van der Waals surface area contributed by atoms with Gasteiger partial charge in [0.25, 0.3) is 5.69 Å². The van der Waals surface area contributed by atoms with Gasteiger partial charge in [0, 0.05) is 19.7 Å². The minimum absolute atomic E-state index is 0.0115. The number of anilines is 1. The molecule has 0 fully saturated rings. The zero-order valence-corrected chi connectivity index (χ0v) is 9.17. The monoisotopic (exact) mass is 220 g/mol. The molecule has 6 nitrogen and oxygen atoms in total. The molecule has 0 atom stereocenters. The summed E-state index contributed by atoms with van der Waals surface area (Å²) in [6.07, 6.45) is 0.397. The number of aromatic nitrogens is 1. The van der Waals surface area contributed by atoms with E-state index in [9.17, 15) is 10.1 Å². The molecular weight excluding hydrogens is 208 g/mol. The topological polar surface area (TPSA) is 83.1 Å². The molecule has 0 radical (unpaired) electrons. The van der Waals surface area contributed by atoms with Gasteiger partial charge in [0.15, 0.2) is 0 Å². The van der Waals surface area contributed by atoms with Gasteiger partial charge in [0.05, 0.1) is 17.4 Å². The normalized spacial score (nSPS) is 9.56. The molecule has 0 N–H and O–H groups in total. The molecule has 1 heterocycles. The summed E-state index contributed by atoms with van der Waals surface area (Å²) in [5, 5.41) is 19.0. The third-order valence-electron chi connectivity index (χ3n) is 2.19. The minimum atomic E-state index is -0.457. The van der Waals surface area contributed by atoms with E-state index >= 15 is 0 Å². The Hall–Kier alpha value is -2.16. The fourth-order valence-electron chi connectivity index (χ4n) is 1.28. The molecule has 0 bridgehead atoms. The summed E-state index contributed by atoms with van der Waals surface area (Å²) >= 11 is 0. The van der Waals surface area contributed by atoms with Crippen LogP contribution in [0.2, 0.25) is 0 Å². The first-order valence-corrected chi connectivity index (χ1v) is 4.76. The summed E-state index contributed by atoms with van der Waals surface area (Å²) in [7, 11) is 1.80. The van der Waals surface area contributed by atoms with E-state index < -0.39 is 4.92 Å². The van der Waals surface area contributed by atoms with Crippen molar-refractivity contribution in [3.05, 3.63) is 27.9 Å². The first-order valence-electron chi connectivity index (χ1n) is 4.76. The lowest BCUT2D eigenvalue weighted by atomic mass is 10.3. The van der Waals surface area contributed by atoms with E-state index in [4.69, 9.17) is 5.26 Å². The molecule has 84 valence electrons.